The number of carbonyl (C=O) groups excluding carboxylic acids is 1. The SMILES string of the molecule is CCCCc1nc(-c2cccc(C(=O)Cl)c2)no1. The molecule has 1 heterocycles. The van der Waals surface area contributed by atoms with Crippen LogP contribution in [0.1, 0.15) is 36.0 Å². The maximum Gasteiger partial charge on any atom is 0.252 e. The van der Waals surface area contributed by atoms with Crippen molar-refractivity contribution in [1.82, 2.24) is 10.1 Å². The number of benzene rings is 1. The van der Waals surface area contributed by atoms with Crippen LogP contribution in [-0.2, 0) is 6.42 Å². The molecule has 0 aliphatic heterocycles. The van der Waals surface area contributed by atoms with Gasteiger partial charge in [0.15, 0.2) is 0 Å². The van der Waals surface area contributed by atoms with Gasteiger partial charge in [-0.3, -0.25) is 4.79 Å². The molecular weight excluding hydrogens is 252 g/mol. The average Bonchev–Trinajstić information content (AvgIpc) is 2.85. The van der Waals surface area contributed by atoms with Gasteiger partial charge in [0.1, 0.15) is 0 Å². The van der Waals surface area contributed by atoms with Gasteiger partial charge in [0.05, 0.1) is 0 Å². The Kier molecular flexibility index (Phi) is 4.10. The Labute approximate surface area is 110 Å². The first-order valence-electron chi connectivity index (χ1n) is 5.83. The van der Waals surface area contributed by atoms with Crippen LogP contribution < -0.4 is 0 Å². The molecule has 0 saturated carbocycles. The summed E-state index contributed by atoms with van der Waals surface area (Å²) >= 11 is 5.43. The van der Waals surface area contributed by atoms with E-state index in [4.69, 9.17) is 16.1 Å². The maximum absolute atomic E-state index is 11.1. The van der Waals surface area contributed by atoms with Gasteiger partial charge in [-0.15, -0.1) is 0 Å². The molecule has 18 heavy (non-hydrogen) atoms. The first kappa shape index (κ1) is 12.8. The van der Waals surface area contributed by atoms with E-state index in [1.54, 1.807) is 18.2 Å². The normalized spacial score (nSPS) is 10.6. The van der Waals surface area contributed by atoms with Gasteiger partial charge in [0.25, 0.3) is 5.24 Å². The molecular formula is C13H13ClN2O2. The second-order valence-electron chi connectivity index (χ2n) is 3.97. The second-order valence-corrected chi connectivity index (χ2v) is 4.31. The lowest BCUT2D eigenvalue weighted by Gasteiger charge is -1.96. The molecule has 0 saturated heterocycles. The van der Waals surface area contributed by atoms with Gasteiger partial charge in [-0.25, -0.2) is 0 Å². The Morgan fingerprint density at radius 1 is 1.44 bits per heavy atom. The van der Waals surface area contributed by atoms with Crippen molar-refractivity contribution in [2.75, 3.05) is 0 Å². The number of hydrogen-bond acceptors (Lipinski definition) is 4. The smallest absolute Gasteiger partial charge is 0.252 e. The Morgan fingerprint density at radius 3 is 3.00 bits per heavy atom. The van der Waals surface area contributed by atoms with E-state index >= 15 is 0 Å². The number of aryl methyl sites for hydroxylation is 1. The van der Waals surface area contributed by atoms with Crippen molar-refractivity contribution in [1.29, 1.82) is 0 Å². The Bertz CT molecular complexity index is 551. The molecule has 0 atom stereocenters. The molecule has 2 aromatic rings. The molecule has 1 aromatic carbocycles. The predicted octanol–water partition coefficient (Wildman–Crippen LogP) is 3.46. The number of hydrogen-bond donors (Lipinski definition) is 0. The summed E-state index contributed by atoms with van der Waals surface area (Å²) in [6.07, 6.45) is 2.87. The summed E-state index contributed by atoms with van der Waals surface area (Å²) in [6, 6.07) is 6.87. The van der Waals surface area contributed by atoms with Crippen molar-refractivity contribution >= 4 is 16.8 Å². The Hall–Kier alpha value is -1.68. The van der Waals surface area contributed by atoms with Gasteiger partial charge in [-0.2, -0.15) is 4.98 Å². The number of unbranched alkanes of at least 4 members (excludes halogenated alkanes) is 1. The van der Waals surface area contributed by atoms with Crippen molar-refractivity contribution in [3.05, 3.63) is 35.7 Å². The molecule has 0 unspecified atom stereocenters. The molecule has 0 N–H and O–H groups in total. The molecule has 0 aliphatic carbocycles. The van der Waals surface area contributed by atoms with E-state index < -0.39 is 5.24 Å². The zero-order valence-corrected chi connectivity index (χ0v) is 10.8. The van der Waals surface area contributed by atoms with Crippen molar-refractivity contribution in [2.45, 2.75) is 26.2 Å². The molecule has 0 amide bonds. The summed E-state index contributed by atoms with van der Waals surface area (Å²) in [4.78, 5) is 15.4. The second kappa shape index (κ2) is 5.78. The fourth-order valence-electron chi connectivity index (χ4n) is 1.58. The lowest BCUT2D eigenvalue weighted by Crippen LogP contribution is -1.90. The quantitative estimate of drug-likeness (QED) is 0.776. The third-order valence-corrected chi connectivity index (χ3v) is 2.78. The summed E-state index contributed by atoms with van der Waals surface area (Å²) in [5.41, 5.74) is 1.15. The van der Waals surface area contributed by atoms with E-state index in [2.05, 4.69) is 17.1 Å². The lowest BCUT2D eigenvalue weighted by atomic mass is 10.1. The van der Waals surface area contributed by atoms with Crippen molar-refractivity contribution in [3.8, 4) is 11.4 Å². The molecule has 2 rings (SSSR count). The van der Waals surface area contributed by atoms with E-state index in [9.17, 15) is 4.79 Å². The monoisotopic (exact) mass is 264 g/mol. The Balaban J connectivity index is 2.23. The van der Waals surface area contributed by atoms with Gasteiger partial charge in [0, 0.05) is 17.5 Å². The van der Waals surface area contributed by atoms with Crippen LogP contribution in [0.3, 0.4) is 0 Å². The zero-order chi connectivity index (χ0) is 13.0. The third-order valence-electron chi connectivity index (χ3n) is 2.56. The molecule has 1 aromatic heterocycles. The van der Waals surface area contributed by atoms with Crippen LogP contribution in [0.4, 0.5) is 0 Å². The van der Waals surface area contributed by atoms with E-state index in [0.717, 1.165) is 24.8 Å². The predicted molar refractivity (Wildman–Crippen MR) is 68.5 cm³/mol. The highest BCUT2D eigenvalue weighted by molar-refractivity contribution is 6.67. The van der Waals surface area contributed by atoms with Gasteiger partial charge < -0.3 is 4.52 Å². The minimum Gasteiger partial charge on any atom is -0.339 e. The summed E-state index contributed by atoms with van der Waals surface area (Å²) in [7, 11) is 0. The molecule has 94 valence electrons. The number of halogens is 1. The number of rotatable bonds is 5. The fraction of sp³-hybridized carbons (Fsp3) is 0.308. The van der Waals surface area contributed by atoms with E-state index in [1.165, 1.54) is 0 Å². The van der Waals surface area contributed by atoms with Crippen molar-refractivity contribution < 1.29 is 9.32 Å². The van der Waals surface area contributed by atoms with Crippen LogP contribution in [0, 0.1) is 0 Å². The molecule has 0 radical (unpaired) electrons. The van der Waals surface area contributed by atoms with E-state index in [0.29, 0.717) is 17.3 Å². The number of aromatic nitrogens is 2. The molecule has 0 bridgehead atoms. The van der Waals surface area contributed by atoms with E-state index in [1.807, 2.05) is 6.07 Å². The van der Waals surface area contributed by atoms with Crippen LogP contribution >= 0.6 is 11.6 Å². The maximum atomic E-state index is 11.1. The first-order chi connectivity index (χ1) is 8.70. The summed E-state index contributed by atoms with van der Waals surface area (Å²) in [6.45, 7) is 2.10. The fourth-order valence-corrected chi connectivity index (χ4v) is 1.70. The first-order valence-corrected chi connectivity index (χ1v) is 6.21. The van der Waals surface area contributed by atoms with Gasteiger partial charge in [-0.1, -0.05) is 36.7 Å². The van der Waals surface area contributed by atoms with Crippen LogP contribution in [-0.4, -0.2) is 15.4 Å². The summed E-state index contributed by atoms with van der Waals surface area (Å²) < 4.78 is 5.14. The highest BCUT2D eigenvalue weighted by Crippen LogP contribution is 2.18. The molecule has 0 fully saturated rings. The third kappa shape index (κ3) is 2.96. The topological polar surface area (TPSA) is 56.0 Å². The minimum absolute atomic E-state index is 0.425. The lowest BCUT2D eigenvalue weighted by molar-refractivity contribution is 0.108. The van der Waals surface area contributed by atoms with E-state index in [-0.39, 0.29) is 0 Å². The van der Waals surface area contributed by atoms with Gasteiger partial charge in [0.2, 0.25) is 11.7 Å². The van der Waals surface area contributed by atoms with Crippen molar-refractivity contribution in [3.63, 3.8) is 0 Å². The van der Waals surface area contributed by atoms with Crippen LogP contribution in [0.5, 0.6) is 0 Å². The van der Waals surface area contributed by atoms with Crippen molar-refractivity contribution in [2.24, 2.45) is 0 Å². The molecule has 0 spiro atoms. The molecule has 4 nitrogen and oxygen atoms in total. The molecule has 5 heteroatoms. The number of carbonyl (C=O) groups is 1. The highest BCUT2D eigenvalue weighted by Gasteiger charge is 2.10. The standard InChI is InChI=1S/C13H13ClN2O2/c1-2-3-7-11-15-13(16-18-11)10-6-4-5-9(8-10)12(14)17/h4-6,8H,2-3,7H2,1H3. The summed E-state index contributed by atoms with van der Waals surface area (Å²) in [5, 5.41) is 3.41. The highest BCUT2D eigenvalue weighted by atomic mass is 35.5. The van der Waals surface area contributed by atoms with Gasteiger partial charge in [-0.05, 0) is 24.1 Å². The minimum atomic E-state index is -0.494. The van der Waals surface area contributed by atoms with Gasteiger partial charge >= 0.3 is 0 Å². The summed E-state index contributed by atoms with van der Waals surface area (Å²) in [5.74, 6) is 1.11. The number of nitrogens with zero attached hydrogens (tertiary/aromatic N) is 2. The average molecular weight is 265 g/mol. The van der Waals surface area contributed by atoms with Crippen LogP contribution in [0.15, 0.2) is 28.8 Å². The molecule has 0 aliphatic rings. The Morgan fingerprint density at radius 2 is 2.28 bits per heavy atom. The largest absolute Gasteiger partial charge is 0.339 e. The van der Waals surface area contributed by atoms with Crippen LogP contribution in [0.25, 0.3) is 11.4 Å². The zero-order valence-electron chi connectivity index (χ0n) is 10.0. The van der Waals surface area contributed by atoms with Crippen LogP contribution in [0.2, 0.25) is 0 Å².